The van der Waals surface area contributed by atoms with Crippen LogP contribution in [0, 0.1) is 21.4 Å². The molecule has 3 aromatic rings. The van der Waals surface area contributed by atoms with Crippen molar-refractivity contribution in [1.29, 1.82) is 5.26 Å². The highest BCUT2D eigenvalue weighted by Gasteiger charge is 2.13. The first-order chi connectivity index (χ1) is 13.5. The SMILES string of the molecule is N#C/C(=C/c1cccn1-c1cccc([N+](=O)[O-])c1)C(=O)Nc1ccc(O)cc1. The molecule has 2 aromatic carbocycles. The van der Waals surface area contributed by atoms with E-state index in [2.05, 4.69) is 5.32 Å². The van der Waals surface area contributed by atoms with Crippen LogP contribution in [0.2, 0.25) is 0 Å². The number of carbonyl (C=O) groups is 1. The maximum Gasteiger partial charge on any atom is 0.271 e. The summed E-state index contributed by atoms with van der Waals surface area (Å²) in [5.41, 5.74) is 1.27. The van der Waals surface area contributed by atoms with Crippen LogP contribution in [0.15, 0.2) is 72.4 Å². The molecule has 0 radical (unpaired) electrons. The van der Waals surface area contributed by atoms with Crippen molar-refractivity contribution in [2.24, 2.45) is 0 Å². The van der Waals surface area contributed by atoms with Crippen molar-refractivity contribution in [2.45, 2.75) is 0 Å². The Labute approximate surface area is 159 Å². The minimum Gasteiger partial charge on any atom is -0.508 e. The van der Waals surface area contributed by atoms with E-state index >= 15 is 0 Å². The molecule has 1 aromatic heterocycles. The standard InChI is InChI=1S/C20H14N4O4/c21-13-14(20(26)22-15-6-8-19(25)9-7-15)11-16-5-2-10-23(16)17-3-1-4-18(12-17)24(27)28/h1-12,25H,(H,22,26)/b14-11-. The summed E-state index contributed by atoms with van der Waals surface area (Å²) in [6.45, 7) is 0. The number of phenols is 1. The van der Waals surface area contributed by atoms with E-state index in [0.717, 1.165) is 0 Å². The topological polar surface area (TPSA) is 121 Å². The zero-order valence-electron chi connectivity index (χ0n) is 14.4. The molecule has 0 saturated heterocycles. The molecule has 0 aliphatic rings. The van der Waals surface area contributed by atoms with Gasteiger partial charge in [0.25, 0.3) is 11.6 Å². The molecule has 28 heavy (non-hydrogen) atoms. The van der Waals surface area contributed by atoms with E-state index in [-0.39, 0.29) is 17.0 Å². The lowest BCUT2D eigenvalue weighted by atomic mass is 10.2. The highest BCUT2D eigenvalue weighted by atomic mass is 16.6. The Hall–Kier alpha value is -4.38. The molecule has 138 valence electrons. The Morgan fingerprint density at radius 1 is 1.18 bits per heavy atom. The van der Waals surface area contributed by atoms with E-state index in [1.807, 2.05) is 6.07 Å². The maximum atomic E-state index is 12.4. The van der Waals surface area contributed by atoms with Crippen molar-refractivity contribution in [3.63, 3.8) is 0 Å². The molecule has 8 heteroatoms. The molecule has 0 aliphatic heterocycles. The Morgan fingerprint density at radius 3 is 2.61 bits per heavy atom. The molecule has 0 unspecified atom stereocenters. The fraction of sp³-hybridized carbons (Fsp3) is 0. The van der Waals surface area contributed by atoms with Gasteiger partial charge in [0.1, 0.15) is 17.4 Å². The molecule has 0 spiro atoms. The van der Waals surface area contributed by atoms with Gasteiger partial charge in [-0.15, -0.1) is 0 Å². The number of amides is 1. The number of aromatic hydroxyl groups is 1. The zero-order chi connectivity index (χ0) is 20.1. The van der Waals surface area contributed by atoms with Crippen LogP contribution in [-0.4, -0.2) is 20.5 Å². The quantitative estimate of drug-likeness (QED) is 0.232. The number of anilines is 1. The second-order valence-corrected chi connectivity index (χ2v) is 5.75. The normalized spacial score (nSPS) is 10.9. The van der Waals surface area contributed by atoms with Crippen LogP contribution in [0.5, 0.6) is 5.75 Å². The first-order valence-corrected chi connectivity index (χ1v) is 8.12. The number of rotatable bonds is 5. The Kier molecular flexibility index (Phi) is 5.18. The molecule has 3 rings (SSSR count). The maximum absolute atomic E-state index is 12.4. The van der Waals surface area contributed by atoms with Crippen LogP contribution < -0.4 is 5.32 Å². The van der Waals surface area contributed by atoms with E-state index in [4.69, 9.17) is 0 Å². The summed E-state index contributed by atoms with van der Waals surface area (Å²) in [6.07, 6.45) is 3.08. The monoisotopic (exact) mass is 374 g/mol. The van der Waals surface area contributed by atoms with Gasteiger partial charge >= 0.3 is 0 Å². The first-order valence-electron chi connectivity index (χ1n) is 8.12. The molecule has 0 atom stereocenters. The number of nitrogens with zero attached hydrogens (tertiary/aromatic N) is 3. The van der Waals surface area contributed by atoms with Gasteiger partial charge in [0.2, 0.25) is 0 Å². The lowest BCUT2D eigenvalue weighted by Crippen LogP contribution is -2.13. The van der Waals surface area contributed by atoms with Crippen LogP contribution in [-0.2, 0) is 4.79 Å². The minimum atomic E-state index is -0.611. The number of hydrogen-bond donors (Lipinski definition) is 2. The number of nitro groups is 1. The average molecular weight is 374 g/mol. The van der Waals surface area contributed by atoms with Crippen LogP contribution in [0.25, 0.3) is 11.8 Å². The predicted octanol–water partition coefficient (Wildman–Crippen LogP) is 3.64. The third-order valence-electron chi connectivity index (χ3n) is 3.88. The zero-order valence-corrected chi connectivity index (χ0v) is 14.4. The molecule has 0 bridgehead atoms. The fourth-order valence-corrected chi connectivity index (χ4v) is 2.54. The van der Waals surface area contributed by atoms with Crippen molar-refractivity contribution in [3.05, 3.63) is 88.2 Å². The first kappa shape index (κ1) is 18.4. The summed E-state index contributed by atoms with van der Waals surface area (Å²) in [7, 11) is 0. The van der Waals surface area contributed by atoms with Gasteiger partial charge in [-0.2, -0.15) is 5.26 Å². The highest BCUT2D eigenvalue weighted by Crippen LogP contribution is 2.21. The van der Waals surface area contributed by atoms with Crippen LogP contribution in [0.4, 0.5) is 11.4 Å². The molecule has 1 heterocycles. The number of hydrogen-bond acceptors (Lipinski definition) is 5. The third kappa shape index (κ3) is 4.05. The van der Waals surface area contributed by atoms with E-state index < -0.39 is 10.8 Å². The summed E-state index contributed by atoms with van der Waals surface area (Å²) in [5, 5.41) is 32.2. The Balaban J connectivity index is 1.90. The number of nitro benzene ring substituents is 1. The number of benzene rings is 2. The largest absolute Gasteiger partial charge is 0.508 e. The van der Waals surface area contributed by atoms with Gasteiger partial charge in [-0.1, -0.05) is 6.07 Å². The summed E-state index contributed by atoms with van der Waals surface area (Å²) in [5.74, 6) is -0.552. The Bertz CT molecular complexity index is 1110. The van der Waals surface area contributed by atoms with Crippen molar-refractivity contribution in [2.75, 3.05) is 5.32 Å². The molecule has 0 aliphatic carbocycles. The molecule has 0 fully saturated rings. The number of nitrogens with one attached hydrogen (secondary N) is 1. The third-order valence-corrected chi connectivity index (χ3v) is 3.88. The van der Waals surface area contributed by atoms with Crippen LogP contribution >= 0.6 is 0 Å². The second kappa shape index (κ2) is 7.88. The molecule has 8 nitrogen and oxygen atoms in total. The number of aromatic nitrogens is 1. The Morgan fingerprint density at radius 2 is 1.93 bits per heavy atom. The lowest BCUT2D eigenvalue weighted by Gasteiger charge is -2.08. The van der Waals surface area contributed by atoms with E-state index in [0.29, 0.717) is 17.1 Å². The number of non-ortho nitro benzene ring substituents is 1. The van der Waals surface area contributed by atoms with E-state index in [1.165, 1.54) is 42.5 Å². The summed E-state index contributed by atoms with van der Waals surface area (Å²) < 4.78 is 1.64. The molecule has 2 N–H and O–H groups in total. The number of carbonyl (C=O) groups excluding carboxylic acids is 1. The van der Waals surface area contributed by atoms with Gasteiger partial charge in [0.15, 0.2) is 0 Å². The van der Waals surface area contributed by atoms with Gasteiger partial charge in [0.05, 0.1) is 10.6 Å². The highest BCUT2D eigenvalue weighted by molar-refractivity contribution is 6.09. The van der Waals surface area contributed by atoms with Gasteiger partial charge in [-0.25, -0.2) is 0 Å². The summed E-state index contributed by atoms with van der Waals surface area (Å²) in [4.78, 5) is 22.9. The van der Waals surface area contributed by atoms with Crippen LogP contribution in [0.3, 0.4) is 0 Å². The van der Waals surface area contributed by atoms with E-state index in [9.17, 15) is 25.3 Å². The minimum absolute atomic E-state index is 0.0591. The molecular formula is C20H14N4O4. The average Bonchev–Trinajstić information content (AvgIpc) is 3.16. The van der Waals surface area contributed by atoms with Gasteiger partial charge < -0.3 is 15.0 Å². The van der Waals surface area contributed by atoms with Crippen molar-refractivity contribution in [3.8, 4) is 17.5 Å². The molecule has 1 amide bonds. The van der Waals surface area contributed by atoms with E-state index in [1.54, 1.807) is 35.0 Å². The van der Waals surface area contributed by atoms with Gasteiger partial charge in [-0.05, 0) is 48.5 Å². The number of phenolic OH excluding ortho intramolecular Hbond substituents is 1. The smallest absolute Gasteiger partial charge is 0.271 e. The van der Waals surface area contributed by atoms with Crippen molar-refractivity contribution >= 4 is 23.4 Å². The fourth-order valence-electron chi connectivity index (χ4n) is 2.54. The summed E-state index contributed by atoms with van der Waals surface area (Å²) >= 11 is 0. The summed E-state index contributed by atoms with van der Waals surface area (Å²) in [6, 6.07) is 17.1. The number of nitriles is 1. The van der Waals surface area contributed by atoms with Gasteiger partial charge in [0, 0.05) is 29.7 Å². The van der Waals surface area contributed by atoms with Crippen molar-refractivity contribution < 1.29 is 14.8 Å². The molecular weight excluding hydrogens is 360 g/mol. The van der Waals surface area contributed by atoms with Crippen LogP contribution in [0.1, 0.15) is 5.69 Å². The lowest BCUT2D eigenvalue weighted by molar-refractivity contribution is -0.384. The molecule has 0 saturated carbocycles. The second-order valence-electron chi connectivity index (χ2n) is 5.75. The van der Waals surface area contributed by atoms with Gasteiger partial charge in [-0.3, -0.25) is 14.9 Å². The van der Waals surface area contributed by atoms with Crippen molar-refractivity contribution in [1.82, 2.24) is 4.57 Å². The predicted molar refractivity (Wildman–Crippen MR) is 103 cm³/mol.